The number of imide groups is 1. The largest absolute Gasteiger partial charge is 0.325 e. The fraction of sp³-hybridized carbons (Fsp3) is 0.167. The molecule has 3 amide bonds. The monoisotopic (exact) mass is 240 g/mol. The van der Waals surface area contributed by atoms with Crippen molar-refractivity contribution in [2.24, 2.45) is 0 Å². The van der Waals surface area contributed by atoms with Gasteiger partial charge < -0.3 is 4.90 Å². The van der Waals surface area contributed by atoms with E-state index in [9.17, 15) is 9.59 Å². The highest BCUT2D eigenvalue weighted by atomic mass is 16.2. The lowest BCUT2D eigenvalue weighted by molar-refractivity contribution is 0.0960. The Balaban J connectivity index is 2.07. The number of nitrogens with zero attached hydrogens (tertiary/aromatic N) is 3. The first kappa shape index (κ1) is 11.6. The van der Waals surface area contributed by atoms with E-state index in [1.54, 1.807) is 12.1 Å². The second-order valence-corrected chi connectivity index (χ2v) is 3.71. The Bertz CT molecular complexity index is 597. The normalized spacial score (nSPS) is 16.3. The summed E-state index contributed by atoms with van der Waals surface area (Å²) in [6, 6.07) is 8.91. The number of carbonyl (C=O) groups excluding carboxylic acids is 2. The van der Waals surface area contributed by atoms with E-state index in [-0.39, 0.29) is 11.1 Å². The quantitative estimate of drug-likeness (QED) is 0.727. The van der Waals surface area contributed by atoms with Crippen LogP contribution in [0.2, 0.25) is 0 Å². The van der Waals surface area contributed by atoms with Crippen molar-refractivity contribution in [1.29, 1.82) is 10.5 Å². The van der Waals surface area contributed by atoms with Gasteiger partial charge in [0.2, 0.25) is 0 Å². The number of benzene rings is 1. The van der Waals surface area contributed by atoms with Crippen molar-refractivity contribution < 1.29 is 9.59 Å². The van der Waals surface area contributed by atoms with Gasteiger partial charge in [-0.1, -0.05) is 12.1 Å². The first-order chi connectivity index (χ1) is 8.67. The molecule has 1 aromatic rings. The molecule has 1 unspecified atom stereocenters. The lowest BCUT2D eigenvalue weighted by Crippen LogP contribution is -2.35. The van der Waals surface area contributed by atoms with Crippen molar-refractivity contribution in [2.45, 2.75) is 6.04 Å². The highest BCUT2D eigenvalue weighted by molar-refractivity contribution is 6.06. The van der Waals surface area contributed by atoms with Crippen LogP contribution < -0.4 is 5.32 Å². The molecular weight excluding hydrogens is 232 g/mol. The number of rotatable bonds is 1. The van der Waals surface area contributed by atoms with Crippen molar-refractivity contribution >= 4 is 11.9 Å². The van der Waals surface area contributed by atoms with Gasteiger partial charge in [0.15, 0.2) is 0 Å². The molecule has 1 aliphatic rings. The predicted octanol–water partition coefficient (Wildman–Crippen LogP) is 0.616. The van der Waals surface area contributed by atoms with Crippen molar-refractivity contribution in [3.63, 3.8) is 0 Å². The molecule has 0 radical (unpaired) electrons. The zero-order chi connectivity index (χ0) is 13.1. The second-order valence-electron chi connectivity index (χ2n) is 3.71. The summed E-state index contributed by atoms with van der Waals surface area (Å²) in [5, 5.41) is 19.5. The lowest BCUT2D eigenvalue weighted by Gasteiger charge is -2.05. The highest BCUT2D eigenvalue weighted by Crippen LogP contribution is 2.16. The smallest absolute Gasteiger partial charge is 0.303 e. The highest BCUT2D eigenvalue weighted by Gasteiger charge is 2.39. The van der Waals surface area contributed by atoms with Gasteiger partial charge in [0.1, 0.15) is 6.04 Å². The standard InChI is InChI=1S/C12H8N4O2/c13-5-8-3-1-2-4-10(8)11(17)15-12(18)16-7-9(16)6-14/h1-4,9H,7H2,(H,15,17,18). The van der Waals surface area contributed by atoms with Gasteiger partial charge in [0.25, 0.3) is 5.91 Å². The van der Waals surface area contributed by atoms with Gasteiger partial charge >= 0.3 is 6.03 Å². The summed E-state index contributed by atoms with van der Waals surface area (Å²) >= 11 is 0. The van der Waals surface area contributed by atoms with Crippen molar-refractivity contribution in [2.75, 3.05) is 6.54 Å². The van der Waals surface area contributed by atoms with Crippen molar-refractivity contribution in [3.05, 3.63) is 35.4 Å². The van der Waals surface area contributed by atoms with E-state index < -0.39 is 18.0 Å². The van der Waals surface area contributed by atoms with Crippen LogP contribution >= 0.6 is 0 Å². The maximum Gasteiger partial charge on any atom is 0.325 e. The number of nitriles is 2. The van der Waals surface area contributed by atoms with Gasteiger partial charge in [-0.3, -0.25) is 10.1 Å². The molecular formula is C12H8N4O2. The summed E-state index contributed by atoms with van der Waals surface area (Å²) in [5.41, 5.74) is 0.342. The minimum atomic E-state index is -0.638. The molecule has 6 heteroatoms. The van der Waals surface area contributed by atoms with Gasteiger partial charge in [0, 0.05) is 0 Å². The molecule has 1 aliphatic heterocycles. The Hall–Kier alpha value is -2.86. The lowest BCUT2D eigenvalue weighted by atomic mass is 10.1. The Morgan fingerprint density at radius 3 is 2.67 bits per heavy atom. The number of carbonyl (C=O) groups is 2. The Morgan fingerprint density at radius 1 is 1.33 bits per heavy atom. The van der Waals surface area contributed by atoms with Crippen LogP contribution in [0.5, 0.6) is 0 Å². The molecule has 1 saturated heterocycles. The zero-order valence-corrected chi connectivity index (χ0v) is 9.25. The molecule has 1 atom stereocenters. The van der Waals surface area contributed by atoms with E-state index in [1.165, 1.54) is 17.0 Å². The molecule has 0 spiro atoms. The fourth-order valence-electron chi connectivity index (χ4n) is 1.49. The molecule has 0 bridgehead atoms. The van der Waals surface area contributed by atoms with Crippen LogP contribution in [-0.2, 0) is 0 Å². The van der Waals surface area contributed by atoms with E-state index in [4.69, 9.17) is 10.5 Å². The fourth-order valence-corrected chi connectivity index (χ4v) is 1.49. The number of amides is 3. The van der Waals surface area contributed by atoms with Crippen LogP contribution in [0.4, 0.5) is 4.79 Å². The van der Waals surface area contributed by atoms with Crippen LogP contribution in [0.3, 0.4) is 0 Å². The van der Waals surface area contributed by atoms with Gasteiger partial charge in [-0.25, -0.2) is 4.79 Å². The Morgan fingerprint density at radius 2 is 2.06 bits per heavy atom. The summed E-state index contributed by atoms with van der Waals surface area (Å²) < 4.78 is 0. The topological polar surface area (TPSA) is 96.8 Å². The third kappa shape index (κ3) is 2.13. The molecule has 2 rings (SSSR count). The van der Waals surface area contributed by atoms with E-state index in [2.05, 4.69) is 5.32 Å². The third-order valence-electron chi connectivity index (χ3n) is 2.53. The summed E-state index contributed by atoms with van der Waals surface area (Å²) in [6.07, 6.45) is 0. The number of hydrogen-bond acceptors (Lipinski definition) is 4. The van der Waals surface area contributed by atoms with Crippen LogP contribution in [0.1, 0.15) is 15.9 Å². The van der Waals surface area contributed by atoms with Gasteiger partial charge in [-0.2, -0.15) is 10.5 Å². The average Bonchev–Trinajstić information content (AvgIpc) is 3.18. The number of hydrogen-bond donors (Lipinski definition) is 1. The zero-order valence-electron chi connectivity index (χ0n) is 9.25. The van der Waals surface area contributed by atoms with Gasteiger partial charge in [-0.15, -0.1) is 0 Å². The maximum atomic E-state index is 11.8. The van der Waals surface area contributed by atoms with Gasteiger partial charge in [-0.05, 0) is 12.1 Å². The van der Waals surface area contributed by atoms with Crippen molar-refractivity contribution in [1.82, 2.24) is 10.2 Å². The molecule has 0 aromatic heterocycles. The summed E-state index contributed by atoms with van der Waals surface area (Å²) in [6.45, 7) is 0.329. The molecule has 6 nitrogen and oxygen atoms in total. The third-order valence-corrected chi connectivity index (χ3v) is 2.53. The van der Waals surface area contributed by atoms with Crippen LogP contribution in [0.15, 0.2) is 24.3 Å². The van der Waals surface area contributed by atoms with E-state index >= 15 is 0 Å². The minimum Gasteiger partial charge on any atom is -0.303 e. The van der Waals surface area contributed by atoms with Crippen LogP contribution in [-0.4, -0.2) is 29.4 Å². The summed E-state index contributed by atoms with van der Waals surface area (Å²) in [4.78, 5) is 24.5. The molecule has 1 N–H and O–H groups in total. The van der Waals surface area contributed by atoms with E-state index in [0.29, 0.717) is 6.54 Å². The molecule has 1 fully saturated rings. The SMILES string of the molecule is N#Cc1ccccc1C(=O)NC(=O)N1CC1C#N. The van der Waals surface area contributed by atoms with Crippen LogP contribution in [0.25, 0.3) is 0 Å². The molecule has 0 aliphatic carbocycles. The number of nitrogens with one attached hydrogen (secondary N) is 1. The van der Waals surface area contributed by atoms with E-state index in [1.807, 2.05) is 12.1 Å². The van der Waals surface area contributed by atoms with Crippen LogP contribution in [0, 0.1) is 22.7 Å². The van der Waals surface area contributed by atoms with E-state index in [0.717, 1.165) is 0 Å². The summed E-state index contributed by atoms with van der Waals surface area (Å²) in [5.74, 6) is -0.638. The first-order valence-corrected chi connectivity index (χ1v) is 5.18. The second kappa shape index (κ2) is 4.56. The minimum absolute atomic E-state index is 0.142. The van der Waals surface area contributed by atoms with Gasteiger partial charge in [0.05, 0.1) is 29.8 Å². The predicted molar refractivity (Wildman–Crippen MR) is 60.1 cm³/mol. The average molecular weight is 240 g/mol. The van der Waals surface area contributed by atoms with Crippen molar-refractivity contribution in [3.8, 4) is 12.1 Å². The maximum absolute atomic E-state index is 11.8. The molecule has 88 valence electrons. The Labute approximate surface area is 103 Å². The molecule has 18 heavy (non-hydrogen) atoms. The Kier molecular flexibility index (Phi) is 2.94. The molecule has 1 heterocycles. The first-order valence-electron chi connectivity index (χ1n) is 5.18. The molecule has 0 saturated carbocycles. The summed E-state index contributed by atoms with van der Waals surface area (Å²) in [7, 11) is 0. The molecule has 1 aromatic carbocycles. The number of urea groups is 1.